The van der Waals surface area contributed by atoms with Gasteiger partial charge in [0, 0.05) is 19.7 Å². The number of hydrogen-bond donors (Lipinski definition) is 1. The van der Waals surface area contributed by atoms with Gasteiger partial charge in [0.1, 0.15) is 5.60 Å². The van der Waals surface area contributed by atoms with Crippen molar-refractivity contribution < 1.29 is 14.3 Å². The van der Waals surface area contributed by atoms with Gasteiger partial charge in [0.25, 0.3) is 0 Å². The van der Waals surface area contributed by atoms with Crippen molar-refractivity contribution >= 4 is 6.09 Å². The summed E-state index contributed by atoms with van der Waals surface area (Å²) in [6, 6.07) is 0.304. The smallest absolute Gasteiger partial charge is 0.410 e. The van der Waals surface area contributed by atoms with Crippen LogP contribution >= 0.6 is 0 Å². The molecule has 0 aromatic heterocycles. The Morgan fingerprint density at radius 3 is 2.53 bits per heavy atom. The van der Waals surface area contributed by atoms with Gasteiger partial charge >= 0.3 is 6.09 Å². The average Bonchev–Trinajstić information content (AvgIpc) is 2.25. The molecule has 0 radical (unpaired) electrons. The van der Waals surface area contributed by atoms with Crippen molar-refractivity contribution in [3.8, 4) is 0 Å². The van der Waals surface area contributed by atoms with Crippen LogP contribution in [0, 0.1) is 0 Å². The Labute approximate surface area is 103 Å². The first-order valence-corrected chi connectivity index (χ1v) is 6.05. The van der Waals surface area contributed by atoms with Crippen molar-refractivity contribution in [1.82, 2.24) is 10.2 Å². The Kier molecular flexibility index (Phi) is 4.77. The van der Waals surface area contributed by atoms with Gasteiger partial charge in [0.15, 0.2) is 0 Å². The zero-order valence-electron chi connectivity index (χ0n) is 11.4. The lowest BCUT2D eigenvalue weighted by Gasteiger charge is -2.38. The van der Waals surface area contributed by atoms with Crippen molar-refractivity contribution in [2.75, 3.05) is 27.2 Å². The highest BCUT2D eigenvalue weighted by Crippen LogP contribution is 2.17. The van der Waals surface area contributed by atoms with E-state index in [0.29, 0.717) is 19.1 Å². The molecule has 0 saturated carbocycles. The molecule has 0 aromatic carbocycles. The second kappa shape index (κ2) is 5.69. The van der Waals surface area contributed by atoms with Gasteiger partial charge in [0.05, 0.1) is 12.6 Å². The van der Waals surface area contributed by atoms with E-state index >= 15 is 0 Å². The van der Waals surface area contributed by atoms with E-state index < -0.39 is 5.60 Å². The quantitative estimate of drug-likeness (QED) is 0.794. The maximum atomic E-state index is 11.9. The molecular weight excluding hydrogens is 220 g/mol. The maximum absolute atomic E-state index is 11.9. The number of carbonyl (C=O) groups is 1. The standard InChI is InChI=1S/C12H24N2O3/c1-12(2,3)17-11(15)14-7-6-9(13-4)10(8-14)16-5/h9-10,13H,6-8H2,1-5H3/t9-,10?/m0/s1. The monoisotopic (exact) mass is 244 g/mol. The Bertz CT molecular complexity index is 263. The lowest BCUT2D eigenvalue weighted by Crippen LogP contribution is -2.54. The van der Waals surface area contributed by atoms with E-state index in [1.54, 1.807) is 12.0 Å². The fourth-order valence-corrected chi connectivity index (χ4v) is 1.98. The Hall–Kier alpha value is -0.810. The number of methoxy groups -OCH3 is 1. The Morgan fingerprint density at radius 1 is 1.41 bits per heavy atom. The van der Waals surface area contributed by atoms with Crippen LogP contribution < -0.4 is 5.32 Å². The molecule has 1 fully saturated rings. The molecule has 0 bridgehead atoms. The highest BCUT2D eigenvalue weighted by Gasteiger charge is 2.32. The van der Waals surface area contributed by atoms with E-state index in [1.807, 2.05) is 27.8 Å². The SMILES string of the molecule is CN[C@H]1CCN(C(=O)OC(C)(C)C)CC1OC. The molecule has 0 aromatic rings. The minimum absolute atomic E-state index is 0.0290. The summed E-state index contributed by atoms with van der Waals surface area (Å²) in [6.07, 6.45) is 0.657. The Morgan fingerprint density at radius 2 is 2.06 bits per heavy atom. The molecule has 1 N–H and O–H groups in total. The zero-order chi connectivity index (χ0) is 13.1. The van der Waals surface area contributed by atoms with Crippen LogP contribution in [-0.2, 0) is 9.47 Å². The van der Waals surface area contributed by atoms with Gasteiger partial charge in [-0.05, 0) is 34.2 Å². The molecule has 5 nitrogen and oxygen atoms in total. The van der Waals surface area contributed by atoms with Crippen LogP contribution in [0.4, 0.5) is 4.79 Å². The van der Waals surface area contributed by atoms with Gasteiger partial charge in [-0.3, -0.25) is 0 Å². The van der Waals surface area contributed by atoms with E-state index in [-0.39, 0.29) is 12.2 Å². The summed E-state index contributed by atoms with van der Waals surface area (Å²) in [5, 5.41) is 3.21. The number of hydrogen-bond acceptors (Lipinski definition) is 4. The number of rotatable bonds is 2. The summed E-state index contributed by atoms with van der Waals surface area (Å²) in [4.78, 5) is 13.6. The lowest BCUT2D eigenvalue weighted by atomic mass is 10.0. The van der Waals surface area contributed by atoms with Crippen LogP contribution in [0.1, 0.15) is 27.2 Å². The molecule has 100 valence electrons. The van der Waals surface area contributed by atoms with Crippen LogP contribution in [0.3, 0.4) is 0 Å². The minimum Gasteiger partial charge on any atom is -0.444 e. The van der Waals surface area contributed by atoms with Crippen LogP contribution in [-0.4, -0.2) is 56.0 Å². The summed E-state index contributed by atoms with van der Waals surface area (Å²) in [7, 11) is 3.59. The first kappa shape index (κ1) is 14.3. The predicted molar refractivity (Wildman–Crippen MR) is 66.1 cm³/mol. The average molecular weight is 244 g/mol. The van der Waals surface area contributed by atoms with E-state index in [9.17, 15) is 4.79 Å². The first-order valence-electron chi connectivity index (χ1n) is 6.05. The van der Waals surface area contributed by atoms with Crippen molar-refractivity contribution in [3.05, 3.63) is 0 Å². The third-order valence-corrected chi connectivity index (χ3v) is 2.88. The van der Waals surface area contributed by atoms with Crippen molar-refractivity contribution in [3.63, 3.8) is 0 Å². The van der Waals surface area contributed by atoms with Crippen LogP contribution in [0.2, 0.25) is 0 Å². The first-order chi connectivity index (χ1) is 7.87. The number of nitrogens with zero attached hydrogens (tertiary/aromatic N) is 1. The number of ether oxygens (including phenoxy) is 2. The van der Waals surface area contributed by atoms with E-state index in [0.717, 1.165) is 6.42 Å². The molecule has 17 heavy (non-hydrogen) atoms. The molecule has 2 atom stereocenters. The van der Waals surface area contributed by atoms with Crippen LogP contribution in [0.15, 0.2) is 0 Å². The van der Waals surface area contributed by atoms with Gasteiger partial charge in [-0.2, -0.15) is 0 Å². The second-order valence-corrected chi connectivity index (χ2v) is 5.38. The molecule has 1 heterocycles. The van der Waals surface area contributed by atoms with Gasteiger partial charge in [0.2, 0.25) is 0 Å². The normalized spacial score (nSPS) is 25.8. The van der Waals surface area contributed by atoms with Crippen molar-refractivity contribution in [2.24, 2.45) is 0 Å². The van der Waals surface area contributed by atoms with Gasteiger partial charge < -0.3 is 19.7 Å². The molecule has 1 aliphatic heterocycles. The highest BCUT2D eigenvalue weighted by molar-refractivity contribution is 5.68. The van der Waals surface area contributed by atoms with Crippen molar-refractivity contribution in [1.29, 1.82) is 0 Å². The fourth-order valence-electron chi connectivity index (χ4n) is 1.98. The summed E-state index contributed by atoms with van der Waals surface area (Å²) in [5.41, 5.74) is -0.445. The van der Waals surface area contributed by atoms with E-state index in [2.05, 4.69) is 5.32 Å². The number of amides is 1. The summed E-state index contributed by atoms with van der Waals surface area (Å²) in [5.74, 6) is 0. The third-order valence-electron chi connectivity index (χ3n) is 2.88. The van der Waals surface area contributed by atoms with E-state index in [1.165, 1.54) is 0 Å². The molecule has 0 aliphatic carbocycles. The lowest BCUT2D eigenvalue weighted by molar-refractivity contribution is -0.0170. The third kappa shape index (κ3) is 4.16. The molecule has 1 saturated heterocycles. The molecule has 0 spiro atoms. The largest absolute Gasteiger partial charge is 0.444 e. The fraction of sp³-hybridized carbons (Fsp3) is 0.917. The van der Waals surface area contributed by atoms with Crippen LogP contribution in [0.5, 0.6) is 0 Å². The number of likely N-dealkylation sites (N-methyl/N-ethyl adjacent to an activating group) is 1. The number of carbonyl (C=O) groups excluding carboxylic acids is 1. The topological polar surface area (TPSA) is 50.8 Å². The summed E-state index contributed by atoms with van der Waals surface area (Å²) >= 11 is 0. The van der Waals surface area contributed by atoms with Gasteiger partial charge in [-0.1, -0.05) is 0 Å². The van der Waals surface area contributed by atoms with Gasteiger partial charge in [-0.15, -0.1) is 0 Å². The molecular formula is C12H24N2O3. The summed E-state index contributed by atoms with van der Waals surface area (Å²) in [6.45, 7) is 6.91. The van der Waals surface area contributed by atoms with E-state index in [4.69, 9.17) is 9.47 Å². The highest BCUT2D eigenvalue weighted by atomic mass is 16.6. The molecule has 1 aliphatic rings. The molecule has 1 amide bonds. The number of nitrogens with one attached hydrogen (secondary N) is 1. The molecule has 1 rings (SSSR count). The zero-order valence-corrected chi connectivity index (χ0v) is 11.4. The summed E-state index contributed by atoms with van der Waals surface area (Å²) < 4.78 is 10.7. The minimum atomic E-state index is -0.445. The number of likely N-dealkylation sites (tertiary alicyclic amines) is 1. The maximum Gasteiger partial charge on any atom is 0.410 e. The van der Waals surface area contributed by atoms with Gasteiger partial charge in [-0.25, -0.2) is 4.79 Å². The van der Waals surface area contributed by atoms with Crippen LogP contribution in [0.25, 0.3) is 0 Å². The second-order valence-electron chi connectivity index (χ2n) is 5.38. The molecule has 1 unspecified atom stereocenters. The molecule has 5 heteroatoms. The number of piperidine rings is 1. The predicted octanol–water partition coefficient (Wildman–Crippen LogP) is 1.23. The van der Waals surface area contributed by atoms with Crippen molar-refractivity contribution in [2.45, 2.75) is 44.9 Å². The Balaban J connectivity index is 2.54.